The Kier molecular flexibility index (Phi) is 5.34. The highest BCUT2D eigenvalue weighted by Gasteiger charge is 2.34. The van der Waals surface area contributed by atoms with E-state index in [2.05, 4.69) is 4.98 Å². The molecule has 0 saturated heterocycles. The van der Waals surface area contributed by atoms with Gasteiger partial charge in [-0.2, -0.15) is 0 Å². The highest BCUT2D eigenvalue weighted by Crippen LogP contribution is 2.36. The van der Waals surface area contributed by atoms with Crippen molar-refractivity contribution in [3.8, 4) is 0 Å². The summed E-state index contributed by atoms with van der Waals surface area (Å²) in [6.07, 6.45) is 0.442. The Bertz CT molecular complexity index is 1100. The Labute approximate surface area is 159 Å². The lowest BCUT2D eigenvalue weighted by Gasteiger charge is -2.19. The van der Waals surface area contributed by atoms with Gasteiger partial charge in [0.2, 0.25) is 0 Å². The molecule has 27 heavy (non-hydrogen) atoms. The molecule has 0 fully saturated rings. The minimum absolute atomic E-state index is 0.0272. The van der Waals surface area contributed by atoms with Crippen LogP contribution in [0.3, 0.4) is 0 Å². The van der Waals surface area contributed by atoms with E-state index in [0.29, 0.717) is 11.3 Å². The first-order chi connectivity index (χ1) is 12.8. The Morgan fingerprint density at radius 2 is 1.70 bits per heavy atom. The zero-order valence-electron chi connectivity index (χ0n) is 13.6. The molecule has 1 aromatic heterocycles. The quantitative estimate of drug-likeness (QED) is 0.588. The van der Waals surface area contributed by atoms with Gasteiger partial charge in [0, 0.05) is 10.6 Å². The first kappa shape index (κ1) is 19.1. The summed E-state index contributed by atoms with van der Waals surface area (Å²) in [6.45, 7) is 0. The van der Waals surface area contributed by atoms with Crippen molar-refractivity contribution in [2.24, 2.45) is 0 Å². The molecule has 3 rings (SSSR count). The van der Waals surface area contributed by atoms with E-state index in [-0.39, 0.29) is 16.3 Å². The van der Waals surface area contributed by atoms with Crippen LogP contribution in [-0.2, 0) is 9.84 Å². The molecule has 1 atom stereocenters. The monoisotopic (exact) mass is 407 g/mol. The molecule has 4 nitrogen and oxygen atoms in total. The average molecular weight is 408 g/mol. The van der Waals surface area contributed by atoms with Crippen LogP contribution < -0.4 is 0 Å². The number of sulfone groups is 1. The number of benzene rings is 2. The zero-order valence-corrected chi connectivity index (χ0v) is 15.2. The maximum atomic E-state index is 14.4. The Morgan fingerprint density at radius 3 is 2.37 bits per heavy atom. The van der Waals surface area contributed by atoms with Gasteiger partial charge in [-0.3, -0.25) is 4.79 Å². The second-order valence-corrected chi connectivity index (χ2v) is 8.12. The lowest BCUT2D eigenvalue weighted by molar-refractivity contribution is 0.111. The summed E-state index contributed by atoms with van der Waals surface area (Å²) in [5, 5.41) is -1.32. The van der Waals surface area contributed by atoms with Crippen molar-refractivity contribution in [3.05, 3.63) is 94.3 Å². The summed E-state index contributed by atoms with van der Waals surface area (Å²) in [6, 6.07) is 12.0. The highest BCUT2D eigenvalue weighted by molar-refractivity contribution is 7.91. The van der Waals surface area contributed by atoms with E-state index in [1.165, 1.54) is 42.5 Å². The van der Waals surface area contributed by atoms with Crippen molar-refractivity contribution >= 4 is 27.7 Å². The van der Waals surface area contributed by atoms with E-state index < -0.39 is 32.3 Å². The van der Waals surface area contributed by atoms with E-state index in [9.17, 15) is 22.0 Å². The SMILES string of the molecule is O=Cc1cccc(C(c2cc(F)ccc2F)S(=O)(=O)c2ccc(Cl)cc2)n1. The Balaban J connectivity index is 2.28. The number of pyridine rings is 1. The maximum Gasteiger partial charge on any atom is 0.191 e. The summed E-state index contributed by atoms with van der Waals surface area (Å²) in [5.41, 5.74) is -0.528. The predicted octanol–water partition coefficient (Wildman–Crippen LogP) is 4.39. The van der Waals surface area contributed by atoms with Gasteiger partial charge in [0.25, 0.3) is 0 Å². The van der Waals surface area contributed by atoms with E-state index in [1.54, 1.807) is 0 Å². The Hall–Kier alpha value is -2.64. The molecule has 0 amide bonds. The molecule has 2 aromatic carbocycles. The molecule has 0 spiro atoms. The van der Waals surface area contributed by atoms with Crippen molar-refractivity contribution in [2.75, 3.05) is 0 Å². The van der Waals surface area contributed by atoms with Crippen LogP contribution in [0.1, 0.15) is 27.0 Å². The molecular formula is C19H12ClF2NO3S. The summed E-state index contributed by atoms with van der Waals surface area (Å²) in [5.74, 6) is -1.70. The fourth-order valence-electron chi connectivity index (χ4n) is 2.64. The van der Waals surface area contributed by atoms with Gasteiger partial charge in [0.05, 0.1) is 10.6 Å². The number of carbonyl (C=O) groups is 1. The van der Waals surface area contributed by atoms with Crippen molar-refractivity contribution < 1.29 is 22.0 Å². The average Bonchev–Trinajstić information content (AvgIpc) is 2.65. The molecule has 0 aliphatic carbocycles. The second-order valence-electron chi connectivity index (χ2n) is 5.65. The standard InChI is InChI=1S/C19H12ClF2NO3S/c20-12-4-7-15(8-5-12)27(25,26)19(16-10-13(21)6-9-17(16)22)18-3-1-2-14(11-24)23-18/h1-11,19H. The second kappa shape index (κ2) is 7.54. The van der Waals surface area contributed by atoms with Crippen LogP contribution >= 0.6 is 11.6 Å². The number of nitrogens with zero attached hydrogens (tertiary/aromatic N) is 1. The molecule has 0 aliphatic heterocycles. The van der Waals surface area contributed by atoms with E-state index in [4.69, 9.17) is 11.6 Å². The minimum atomic E-state index is -4.23. The van der Waals surface area contributed by atoms with Crippen molar-refractivity contribution in [1.29, 1.82) is 0 Å². The lowest BCUT2D eigenvalue weighted by atomic mass is 10.1. The van der Waals surface area contributed by atoms with Crippen LogP contribution in [0.2, 0.25) is 5.02 Å². The first-order valence-corrected chi connectivity index (χ1v) is 9.62. The molecular weight excluding hydrogens is 396 g/mol. The number of hydrogen-bond acceptors (Lipinski definition) is 4. The predicted molar refractivity (Wildman–Crippen MR) is 96.5 cm³/mol. The van der Waals surface area contributed by atoms with E-state index in [0.717, 1.165) is 18.2 Å². The zero-order chi connectivity index (χ0) is 19.6. The van der Waals surface area contributed by atoms with Crippen molar-refractivity contribution in [1.82, 2.24) is 4.98 Å². The van der Waals surface area contributed by atoms with E-state index >= 15 is 0 Å². The van der Waals surface area contributed by atoms with Gasteiger partial charge in [-0.05, 0) is 54.6 Å². The molecule has 138 valence electrons. The van der Waals surface area contributed by atoms with E-state index in [1.807, 2.05) is 0 Å². The van der Waals surface area contributed by atoms with Gasteiger partial charge in [-0.1, -0.05) is 17.7 Å². The summed E-state index contributed by atoms with van der Waals surface area (Å²) >= 11 is 5.81. The van der Waals surface area contributed by atoms with Gasteiger partial charge in [-0.15, -0.1) is 0 Å². The number of hydrogen-bond donors (Lipinski definition) is 0. The molecule has 1 heterocycles. The topological polar surface area (TPSA) is 64.1 Å². The fraction of sp³-hybridized carbons (Fsp3) is 0.0526. The van der Waals surface area contributed by atoms with Gasteiger partial charge in [0.15, 0.2) is 16.1 Å². The number of halogens is 3. The van der Waals surface area contributed by atoms with Crippen LogP contribution in [0.25, 0.3) is 0 Å². The fourth-order valence-corrected chi connectivity index (χ4v) is 4.52. The third-order valence-electron chi connectivity index (χ3n) is 3.87. The number of aromatic nitrogens is 1. The normalized spacial score (nSPS) is 12.6. The Morgan fingerprint density at radius 1 is 1.00 bits per heavy atom. The molecule has 0 radical (unpaired) electrons. The largest absolute Gasteiger partial charge is 0.296 e. The molecule has 0 N–H and O–H groups in total. The summed E-state index contributed by atoms with van der Waals surface area (Å²) in [7, 11) is -4.23. The summed E-state index contributed by atoms with van der Waals surface area (Å²) in [4.78, 5) is 14.9. The van der Waals surface area contributed by atoms with Crippen LogP contribution in [-0.4, -0.2) is 19.7 Å². The van der Waals surface area contributed by atoms with Crippen LogP contribution in [0.15, 0.2) is 65.6 Å². The molecule has 0 bridgehead atoms. The number of aldehydes is 1. The van der Waals surface area contributed by atoms with Crippen LogP contribution in [0, 0.1) is 11.6 Å². The maximum absolute atomic E-state index is 14.4. The third kappa shape index (κ3) is 3.89. The summed E-state index contributed by atoms with van der Waals surface area (Å²) < 4.78 is 54.7. The van der Waals surface area contributed by atoms with Crippen LogP contribution in [0.4, 0.5) is 8.78 Å². The molecule has 0 saturated carbocycles. The molecule has 3 aromatic rings. The van der Waals surface area contributed by atoms with Crippen molar-refractivity contribution in [3.63, 3.8) is 0 Å². The first-order valence-electron chi connectivity index (χ1n) is 7.69. The number of rotatable bonds is 5. The smallest absolute Gasteiger partial charge is 0.191 e. The van der Waals surface area contributed by atoms with Gasteiger partial charge in [-0.25, -0.2) is 22.2 Å². The van der Waals surface area contributed by atoms with Gasteiger partial charge >= 0.3 is 0 Å². The van der Waals surface area contributed by atoms with Gasteiger partial charge < -0.3 is 0 Å². The third-order valence-corrected chi connectivity index (χ3v) is 6.17. The molecule has 8 heteroatoms. The van der Waals surface area contributed by atoms with Gasteiger partial charge in [0.1, 0.15) is 22.6 Å². The number of carbonyl (C=O) groups excluding carboxylic acids is 1. The van der Waals surface area contributed by atoms with Crippen molar-refractivity contribution in [2.45, 2.75) is 10.1 Å². The lowest BCUT2D eigenvalue weighted by Crippen LogP contribution is -2.18. The molecule has 1 unspecified atom stereocenters. The minimum Gasteiger partial charge on any atom is -0.296 e. The molecule has 0 aliphatic rings. The highest BCUT2D eigenvalue weighted by atomic mass is 35.5. The van der Waals surface area contributed by atoms with Crippen LogP contribution in [0.5, 0.6) is 0 Å².